The molecule has 0 radical (unpaired) electrons. The first kappa shape index (κ1) is 28.2. The number of ketones is 1. The Kier molecular flexibility index (Phi) is 10.1. The lowest BCUT2D eigenvalue weighted by molar-refractivity contribution is -0.111. The molecule has 0 unspecified atom stereocenters. The quantitative estimate of drug-likeness (QED) is 0.378. The molecule has 3 rings (SSSR count). The van der Waals surface area contributed by atoms with Crippen LogP contribution in [0.5, 0.6) is 0 Å². The van der Waals surface area contributed by atoms with Gasteiger partial charge < -0.3 is 20.2 Å². The predicted molar refractivity (Wildman–Crippen MR) is 156 cm³/mol. The molecule has 2 aromatic rings. The number of nitrogens with one attached hydrogen (secondary N) is 1. The van der Waals surface area contributed by atoms with Gasteiger partial charge in [0.25, 0.3) is 0 Å². The number of rotatable bonds is 12. The normalized spacial score (nSPS) is 14.7. The van der Waals surface area contributed by atoms with Gasteiger partial charge in [0.2, 0.25) is 0 Å². The first-order chi connectivity index (χ1) is 17.8. The molecule has 2 N–H and O–H groups in total. The summed E-state index contributed by atoms with van der Waals surface area (Å²) in [5.74, 6) is -0.0355. The molecule has 0 saturated heterocycles. The number of carbonyl (C=O) groups is 1. The lowest BCUT2D eigenvalue weighted by atomic mass is 9.94. The van der Waals surface area contributed by atoms with Crippen molar-refractivity contribution in [3.05, 3.63) is 77.5 Å². The van der Waals surface area contributed by atoms with Crippen LogP contribution in [0.4, 0.5) is 17.1 Å². The second kappa shape index (κ2) is 13.2. The minimum Gasteiger partial charge on any atom is -0.395 e. The highest BCUT2D eigenvalue weighted by molar-refractivity contribution is 6.22. The van der Waals surface area contributed by atoms with Crippen LogP contribution in [-0.4, -0.2) is 54.9 Å². The number of hydrogen-bond donors (Lipinski definition) is 2. The zero-order chi connectivity index (χ0) is 26.9. The van der Waals surface area contributed by atoms with Crippen LogP contribution in [0, 0.1) is 0 Å². The Morgan fingerprint density at radius 2 is 1.38 bits per heavy atom. The third-order valence-corrected chi connectivity index (χ3v) is 6.63. The van der Waals surface area contributed by atoms with E-state index in [1.54, 1.807) is 6.08 Å². The molecular weight excluding hydrogens is 460 g/mol. The summed E-state index contributed by atoms with van der Waals surface area (Å²) in [5, 5.41) is 12.5. The average molecular weight is 503 g/mol. The summed E-state index contributed by atoms with van der Waals surface area (Å²) in [6.07, 6.45) is 4.01. The Balaban J connectivity index is 1.87. The molecule has 0 aromatic heterocycles. The van der Waals surface area contributed by atoms with Crippen molar-refractivity contribution in [2.45, 2.75) is 60.0 Å². The maximum atomic E-state index is 13.0. The van der Waals surface area contributed by atoms with Crippen LogP contribution in [0.1, 0.15) is 47.1 Å². The zero-order valence-corrected chi connectivity index (χ0v) is 23.2. The average Bonchev–Trinajstić information content (AvgIpc) is 2.87. The summed E-state index contributed by atoms with van der Waals surface area (Å²) in [6.45, 7) is 15.3. The van der Waals surface area contributed by atoms with Gasteiger partial charge >= 0.3 is 0 Å². The molecule has 6 heteroatoms. The minimum atomic E-state index is -0.0355. The topological polar surface area (TPSA) is 68.2 Å². The van der Waals surface area contributed by atoms with Gasteiger partial charge in [-0.15, -0.1) is 0 Å². The molecule has 1 aliphatic rings. The summed E-state index contributed by atoms with van der Waals surface area (Å²) >= 11 is 0. The van der Waals surface area contributed by atoms with Gasteiger partial charge in [0.05, 0.1) is 23.7 Å². The SMILES string of the molecule is CCN(c1ccc(CC2=CC(=Nc3ccc(N(CC)C(C)C)cc3)C(NCCO)=CC2=O)cc1)C(C)C. The minimum absolute atomic E-state index is 0.0242. The van der Waals surface area contributed by atoms with E-state index in [2.05, 4.69) is 93.1 Å². The molecule has 37 heavy (non-hydrogen) atoms. The fourth-order valence-corrected chi connectivity index (χ4v) is 4.75. The van der Waals surface area contributed by atoms with Crippen molar-refractivity contribution >= 4 is 28.6 Å². The number of nitrogens with zero attached hydrogens (tertiary/aromatic N) is 3. The first-order valence-corrected chi connectivity index (χ1v) is 13.4. The summed E-state index contributed by atoms with van der Waals surface area (Å²) in [5.41, 5.74) is 6.28. The second-order valence-electron chi connectivity index (χ2n) is 9.86. The molecule has 0 amide bonds. The number of carbonyl (C=O) groups excluding carboxylic acids is 1. The Morgan fingerprint density at radius 1 is 0.838 bits per heavy atom. The van der Waals surface area contributed by atoms with Gasteiger partial charge in [-0.3, -0.25) is 4.79 Å². The molecule has 0 spiro atoms. The van der Waals surface area contributed by atoms with Crippen molar-refractivity contribution in [3.8, 4) is 0 Å². The van der Waals surface area contributed by atoms with E-state index in [1.807, 2.05) is 18.2 Å². The van der Waals surface area contributed by atoms with E-state index in [1.165, 1.54) is 5.69 Å². The third kappa shape index (κ3) is 7.32. The van der Waals surface area contributed by atoms with Crippen LogP contribution in [0.2, 0.25) is 0 Å². The molecule has 0 bridgehead atoms. The molecule has 6 nitrogen and oxygen atoms in total. The van der Waals surface area contributed by atoms with Crippen molar-refractivity contribution in [1.29, 1.82) is 0 Å². The van der Waals surface area contributed by atoms with Crippen LogP contribution in [0.25, 0.3) is 0 Å². The largest absolute Gasteiger partial charge is 0.395 e. The molecule has 0 fully saturated rings. The highest BCUT2D eigenvalue weighted by Gasteiger charge is 2.20. The van der Waals surface area contributed by atoms with Crippen LogP contribution in [0.15, 0.2) is 76.9 Å². The Labute approximate surface area is 222 Å². The maximum Gasteiger partial charge on any atom is 0.184 e. The number of hydrogen-bond acceptors (Lipinski definition) is 6. The number of aliphatic hydroxyl groups is 1. The van der Waals surface area contributed by atoms with Crippen LogP contribution in [0.3, 0.4) is 0 Å². The Hall–Kier alpha value is -3.38. The molecule has 0 aliphatic heterocycles. The second-order valence-corrected chi connectivity index (χ2v) is 9.86. The Bertz CT molecular complexity index is 1130. The molecule has 0 atom stereocenters. The van der Waals surface area contributed by atoms with Crippen LogP contribution < -0.4 is 15.1 Å². The third-order valence-electron chi connectivity index (χ3n) is 6.63. The number of aliphatic imine (C=N–C) groups is 1. The highest BCUT2D eigenvalue weighted by atomic mass is 16.3. The monoisotopic (exact) mass is 502 g/mol. The number of anilines is 2. The molecular formula is C31H42N4O2. The standard InChI is InChI=1S/C31H42N4O2/c1-7-34(22(3)4)27-13-9-24(10-14-27)19-25-20-30(29(21-31(25)37)32-17-18-36)33-26-11-15-28(16-12-26)35(8-2)23(5)6/h9-16,20-23,32,36H,7-8,17-19H2,1-6H3. The van der Waals surface area contributed by atoms with Gasteiger partial charge in [0.1, 0.15) is 0 Å². The van der Waals surface area contributed by atoms with E-state index in [9.17, 15) is 9.90 Å². The van der Waals surface area contributed by atoms with Crippen LogP contribution >= 0.6 is 0 Å². The molecule has 0 saturated carbocycles. The van der Waals surface area contributed by atoms with Gasteiger partial charge in [-0.25, -0.2) is 4.99 Å². The van der Waals surface area contributed by atoms with E-state index in [0.29, 0.717) is 42.0 Å². The van der Waals surface area contributed by atoms with Crippen LogP contribution in [-0.2, 0) is 11.2 Å². The van der Waals surface area contributed by atoms with E-state index in [0.717, 1.165) is 30.0 Å². The summed E-state index contributed by atoms with van der Waals surface area (Å²) in [7, 11) is 0. The lowest BCUT2D eigenvalue weighted by Gasteiger charge is -2.27. The first-order valence-electron chi connectivity index (χ1n) is 13.4. The van der Waals surface area contributed by atoms with Gasteiger partial charge in [-0.1, -0.05) is 12.1 Å². The van der Waals surface area contributed by atoms with Crippen molar-refractivity contribution < 1.29 is 9.90 Å². The smallest absolute Gasteiger partial charge is 0.184 e. The number of aliphatic hydroxyl groups excluding tert-OH is 1. The lowest BCUT2D eigenvalue weighted by Crippen LogP contribution is -2.30. The van der Waals surface area contributed by atoms with Gasteiger partial charge in [0, 0.05) is 61.2 Å². The molecule has 1 aliphatic carbocycles. The van der Waals surface area contributed by atoms with Crippen molar-refractivity contribution in [2.75, 3.05) is 36.0 Å². The fraction of sp³-hybridized carbons (Fsp3) is 0.419. The fourth-order valence-electron chi connectivity index (χ4n) is 4.75. The highest BCUT2D eigenvalue weighted by Crippen LogP contribution is 2.25. The van der Waals surface area contributed by atoms with Crippen molar-refractivity contribution in [2.24, 2.45) is 4.99 Å². The van der Waals surface area contributed by atoms with E-state index < -0.39 is 0 Å². The van der Waals surface area contributed by atoms with Gasteiger partial charge in [-0.05, 0) is 89.6 Å². The van der Waals surface area contributed by atoms with Crippen molar-refractivity contribution in [1.82, 2.24) is 5.32 Å². The van der Waals surface area contributed by atoms with Crippen molar-refractivity contribution in [3.63, 3.8) is 0 Å². The predicted octanol–water partition coefficient (Wildman–Crippen LogP) is 5.45. The molecule has 198 valence electrons. The summed E-state index contributed by atoms with van der Waals surface area (Å²) in [4.78, 5) is 22.5. The summed E-state index contributed by atoms with van der Waals surface area (Å²) in [6, 6.07) is 17.5. The van der Waals surface area contributed by atoms with E-state index in [-0.39, 0.29) is 12.4 Å². The zero-order valence-electron chi connectivity index (χ0n) is 23.2. The van der Waals surface area contributed by atoms with E-state index >= 15 is 0 Å². The molecule has 2 aromatic carbocycles. The van der Waals surface area contributed by atoms with E-state index in [4.69, 9.17) is 4.99 Å². The number of allylic oxidation sites excluding steroid dienone is 3. The Morgan fingerprint density at radius 3 is 1.86 bits per heavy atom. The number of benzene rings is 2. The summed E-state index contributed by atoms with van der Waals surface area (Å²) < 4.78 is 0. The molecule has 0 heterocycles. The van der Waals surface area contributed by atoms with Gasteiger partial charge in [0.15, 0.2) is 5.78 Å². The van der Waals surface area contributed by atoms with Gasteiger partial charge in [-0.2, -0.15) is 0 Å². The maximum absolute atomic E-state index is 13.0.